The molecule has 1 unspecified atom stereocenters. The normalized spacial score (nSPS) is 14.2. The minimum absolute atomic E-state index is 0.000579. The highest BCUT2D eigenvalue weighted by Gasteiger charge is 2.19. The van der Waals surface area contributed by atoms with E-state index in [1.165, 1.54) is 0 Å². The first kappa shape index (κ1) is 12.2. The highest BCUT2D eigenvalue weighted by molar-refractivity contribution is 5.04. The van der Waals surface area contributed by atoms with E-state index in [1.807, 2.05) is 19.3 Å². The van der Waals surface area contributed by atoms with Crippen molar-refractivity contribution in [3.63, 3.8) is 0 Å². The monoisotopic (exact) mass is 211 g/mol. The number of hydrogen-bond acceptors (Lipinski definition) is 3. The van der Waals surface area contributed by atoms with Crippen LogP contribution in [0, 0.1) is 0 Å². The van der Waals surface area contributed by atoms with Crippen molar-refractivity contribution in [1.82, 2.24) is 9.78 Å². The molecule has 1 aromatic rings. The van der Waals surface area contributed by atoms with Crippen LogP contribution in [0.15, 0.2) is 12.3 Å². The molecular weight excluding hydrogens is 190 g/mol. The van der Waals surface area contributed by atoms with Crippen molar-refractivity contribution < 1.29 is 4.74 Å². The molecule has 1 rings (SSSR count). The van der Waals surface area contributed by atoms with Gasteiger partial charge in [-0.1, -0.05) is 0 Å². The molecule has 0 aliphatic carbocycles. The van der Waals surface area contributed by atoms with Gasteiger partial charge in [0, 0.05) is 26.4 Å². The van der Waals surface area contributed by atoms with Crippen LogP contribution in [0.3, 0.4) is 0 Å². The predicted molar refractivity (Wildman–Crippen MR) is 60.5 cm³/mol. The van der Waals surface area contributed by atoms with E-state index in [0.717, 1.165) is 18.5 Å². The van der Waals surface area contributed by atoms with E-state index in [1.54, 1.807) is 11.8 Å². The fraction of sp³-hybridized carbons (Fsp3) is 0.727. The lowest BCUT2D eigenvalue weighted by Crippen LogP contribution is -2.24. The van der Waals surface area contributed by atoms with Crippen molar-refractivity contribution >= 4 is 0 Å². The number of rotatable bonds is 5. The zero-order chi connectivity index (χ0) is 11.5. The lowest BCUT2D eigenvalue weighted by Gasteiger charge is -2.24. The van der Waals surface area contributed by atoms with Gasteiger partial charge < -0.3 is 10.5 Å². The summed E-state index contributed by atoms with van der Waals surface area (Å²) in [7, 11) is 3.63. The predicted octanol–water partition coefficient (Wildman–Crippen LogP) is 1.63. The van der Waals surface area contributed by atoms with E-state index >= 15 is 0 Å². The molecule has 4 heteroatoms. The van der Waals surface area contributed by atoms with Gasteiger partial charge in [-0.25, -0.2) is 0 Å². The minimum atomic E-state index is -0.105. The quantitative estimate of drug-likeness (QED) is 0.805. The van der Waals surface area contributed by atoms with Crippen LogP contribution in [0.25, 0.3) is 0 Å². The van der Waals surface area contributed by atoms with Crippen molar-refractivity contribution in [2.45, 2.75) is 38.3 Å². The van der Waals surface area contributed by atoms with E-state index in [9.17, 15) is 0 Å². The smallest absolute Gasteiger partial charge is 0.0791 e. The van der Waals surface area contributed by atoms with Gasteiger partial charge in [0.1, 0.15) is 0 Å². The van der Waals surface area contributed by atoms with E-state index < -0.39 is 0 Å². The Morgan fingerprint density at radius 1 is 1.60 bits per heavy atom. The van der Waals surface area contributed by atoms with Gasteiger partial charge in [0.25, 0.3) is 0 Å². The Kier molecular flexibility index (Phi) is 3.88. The summed E-state index contributed by atoms with van der Waals surface area (Å²) in [6.07, 6.45) is 3.73. The molecular formula is C11H21N3O. The summed E-state index contributed by atoms with van der Waals surface area (Å²) >= 11 is 0. The molecule has 0 bridgehead atoms. The van der Waals surface area contributed by atoms with Crippen molar-refractivity contribution in [3.8, 4) is 0 Å². The third kappa shape index (κ3) is 3.64. The van der Waals surface area contributed by atoms with Crippen LogP contribution < -0.4 is 5.73 Å². The van der Waals surface area contributed by atoms with Gasteiger partial charge in [0.2, 0.25) is 0 Å². The SMILES string of the molecule is COC(C)(C)CCC(N)c1ccn(C)n1. The number of aromatic nitrogens is 2. The summed E-state index contributed by atoms with van der Waals surface area (Å²) in [5, 5.41) is 4.29. The lowest BCUT2D eigenvalue weighted by molar-refractivity contribution is 0.0124. The molecule has 86 valence electrons. The second-order valence-corrected chi connectivity index (χ2v) is 4.52. The minimum Gasteiger partial charge on any atom is -0.379 e. The van der Waals surface area contributed by atoms with E-state index in [4.69, 9.17) is 10.5 Å². The maximum atomic E-state index is 6.04. The van der Waals surface area contributed by atoms with Gasteiger partial charge in [-0.15, -0.1) is 0 Å². The van der Waals surface area contributed by atoms with Crippen LogP contribution in [-0.2, 0) is 11.8 Å². The lowest BCUT2D eigenvalue weighted by atomic mass is 9.98. The summed E-state index contributed by atoms with van der Waals surface area (Å²) in [5.41, 5.74) is 6.88. The molecule has 15 heavy (non-hydrogen) atoms. The molecule has 0 aliphatic rings. The zero-order valence-corrected chi connectivity index (χ0v) is 10.0. The molecule has 1 atom stereocenters. The molecule has 0 saturated heterocycles. The van der Waals surface area contributed by atoms with Crippen molar-refractivity contribution in [1.29, 1.82) is 0 Å². The van der Waals surface area contributed by atoms with Gasteiger partial charge in [0.05, 0.1) is 11.3 Å². The molecule has 1 heterocycles. The highest BCUT2D eigenvalue weighted by atomic mass is 16.5. The Hall–Kier alpha value is -0.870. The molecule has 0 aliphatic heterocycles. The first-order chi connectivity index (χ1) is 6.94. The Labute approximate surface area is 91.4 Å². The Balaban J connectivity index is 2.46. The third-order valence-electron chi connectivity index (χ3n) is 2.72. The summed E-state index contributed by atoms with van der Waals surface area (Å²) < 4.78 is 7.12. The number of aryl methyl sites for hydroxylation is 1. The standard InChI is InChI=1S/C11H21N3O/c1-11(2,15-4)7-5-9(12)10-6-8-14(3)13-10/h6,8-9H,5,7,12H2,1-4H3. The summed E-state index contributed by atoms with van der Waals surface area (Å²) in [5.74, 6) is 0. The number of hydrogen-bond donors (Lipinski definition) is 1. The zero-order valence-electron chi connectivity index (χ0n) is 10.0. The van der Waals surface area contributed by atoms with E-state index in [-0.39, 0.29) is 11.6 Å². The molecule has 0 amide bonds. The molecule has 2 N–H and O–H groups in total. The van der Waals surface area contributed by atoms with Gasteiger partial charge in [-0.3, -0.25) is 4.68 Å². The van der Waals surface area contributed by atoms with Gasteiger partial charge in [-0.2, -0.15) is 5.10 Å². The highest BCUT2D eigenvalue weighted by Crippen LogP contribution is 2.21. The third-order valence-corrected chi connectivity index (χ3v) is 2.72. The Bertz CT molecular complexity index is 307. The Morgan fingerprint density at radius 3 is 2.73 bits per heavy atom. The van der Waals surface area contributed by atoms with Crippen LogP contribution in [0.4, 0.5) is 0 Å². The van der Waals surface area contributed by atoms with Crippen LogP contribution in [0.2, 0.25) is 0 Å². The van der Waals surface area contributed by atoms with Gasteiger partial charge in [-0.05, 0) is 32.8 Å². The van der Waals surface area contributed by atoms with E-state index in [2.05, 4.69) is 18.9 Å². The van der Waals surface area contributed by atoms with E-state index in [0.29, 0.717) is 0 Å². The van der Waals surface area contributed by atoms with Crippen LogP contribution >= 0.6 is 0 Å². The second kappa shape index (κ2) is 4.77. The summed E-state index contributed by atoms with van der Waals surface area (Å²) in [6, 6.07) is 1.96. The number of nitrogens with zero attached hydrogens (tertiary/aromatic N) is 2. The van der Waals surface area contributed by atoms with Gasteiger partial charge >= 0.3 is 0 Å². The fourth-order valence-electron chi connectivity index (χ4n) is 1.38. The average molecular weight is 211 g/mol. The summed E-state index contributed by atoms with van der Waals surface area (Å²) in [6.45, 7) is 4.14. The molecule has 0 aromatic carbocycles. The second-order valence-electron chi connectivity index (χ2n) is 4.52. The average Bonchev–Trinajstić information content (AvgIpc) is 2.61. The van der Waals surface area contributed by atoms with Crippen molar-refractivity contribution in [2.24, 2.45) is 12.8 Å². The maximum absolute atomic E-state index is 6.04. The number of ether oxygens (including phenoxy) is 1. The first-order valence-corrected chi connectivity index (χ1v) is 5.25. The van der Waals surface area contributed by atoms with Gasteiger partial charge in [0.15, 0.2) is 0 Å². The van der Waals surface area contributed by atoms with Crippen LogP contribution in [0.1, 0.15) is 38.4 Å². The van der Waals surface area contributed by atoms with Crippen molar-refractivity contribution in [3.05, 3.63) is 18.0 Å². The number of nitrogens with two attached hydrogens (primary N) is 1. The molecule has 1 aromatic heterocycles. The molecule has 0 radical (unpaired) electrons. The summed E-state index contributed by atoms with van der Waals surface area (Å²) in [4.78, 5) is 0. The van der Waals surface area contributed by atoms with Crippen molar-refractivity contribution in [2.75, 3.05) is 7.11 Å². The number of methoxy groups -OCH3 is 1. The molecule has 0 saturated carbocycles. The molecule has 0 fully saturated rings. The fourth-order valence-corrected chi connectivity index (χ4v) is 1.38. The first-order valence-electron chi connectivity index (χ1n) is 5.25. The van der Waals surface area contributed by atoms with Crippen LogP contribution in [0.5, 0.6) is 0 Å². The largest absolute Gasteiger partial charge is 0.379 e. The molecule has 0 spiro atoms. The Morgan fingerprint density at radius 2 is 2.27 bits per heavy atom. The van der Waals surface area contributed by atoms with Crippen LogP contribution in [-0.4, -0.2) is 22.5 Å². The molecule has 4 nitrogen and oxygen atoms in total. The topological polar surface area (TPSA) is 53.1 Å². The maximum Gasteiger partial charge on any atom is 0.0791 e.